The van der Waals surface area contributed by atoms with Gasteiger partial charge in [-0.3, -0.25) is 5.32 Å². The van der Waals surface area contributed by atoms with Gasteiger partial charge in [-0.1, -0.05) is 30.3 Å². The summed E-state index contributed by atoms with van der Waals surface area (Å²) in [6, 6.07) is 11.2. The fraction of sp³-hybridized carbons (Fsp3) is 0.333. The van der Waals surface area contributed by atoms with Crippen molar-refractivity contribution in [1.29, 1.82) is 0 Å². The number of carbonyl (C=O) groups excluding carboxylic acids is 1. The van der Waals surface area contributed by atoms with Crippen molar-refractivity contribution in [3.63, 3.8) is 0 Å². The summed E-state index contributed by atoms with van der Waals surface area (Å²) in [5, 5.41) is 19.0. The average molecular weight is 288 g/mol. The van der Waals surface area contributed by atoms with Crippen molar-refractivity contribution >= 4 is 11.8 Å². The number of hydrogen-bond donors (Lipinski definition) is 3. The third-order valence-corrected chi connectivity index (χ3v) is 2.82. The maximum Gasteiger partial charge on any atom is 0.320 e. The van der Waals surface area contributed by atoms with Crippen LogP contribution >= 0.6 is 0 Å². The Bertz CT molecular complexity index is 593. The molecule has 6 nitrogen and oxygen atoms in total. The number of amides is 2. The number of urea groups is 1. The van der Waals surface area contributed by atoms with Crippen LogP contribution in [0.25, 0.3) is 11.3 Å². The lowest BCUT2D eigenvalue weighted by molar-refractivity contribution is 0.249. The first-order chi connectivity index (χ1) is 10.1. The summed E-state index contributed by atoms with van der Waals surface area (Å²) >= 11 is 0. The lowest BCUT2D eigenvalue weighted by atomic mass is 10.2. The molecule has 3 N–H and O–H groups in total. The molecular weight excluding hydrogens is 268 g/mol. The van der Waals surface area contributed by atoms with Gasteiger partial charge >= 0.3 is 6.03 Å². The minimum atomic E-state index is -0.288. The van der Waals surface area contributed by atoms with Crippen molar-refractivity contribution in [1.82, 2.24) is 15.1 Å². The molecule has 0 aliphatic heterocycles. The molecule has 1 aromatic heterocycles. The van der Waals surface area contributed by atoms with Gasteiger partial charge in [0.1, 0.15) is 5.82 Å². The summed E-state index contributed by atoms with van der Waals surface area (Å²) in [5.74, 6) is 0.557. The highest BCUT2D eigenvalue weighted by Crippen LogP contribution is 2.21. The molecule has 21 heavy (non-hydrogen) atoms. The van der Waals surface area contributed by atoms with Crippen LogP contribution in [0.5, 0.6) is 0 Å². The Morgan fingerprint density at radius 1 is 1.33 bits per heavy atom. The molecule has 0 bridgehead atoms. The standard InChI is InChI=1S/C15H20N4O2/c1-11(2)16-15(21)17-14-10-13(18-19(14)8-9-20)12-6-4-3-5-7-12/h3-7,10-11,20H,8-9H2,1-2H3,(H2,16,17,21). The summed E-state index contributed by atoms with van der Waals surface area (Å²) in [5.41, 5.74) is 1.71. The normalized spacial score (nSPS) is 10.7. The van der Waals surface area contributed by atoms with E-state index in [-0.39, 0.29) is 18.7 Å². The number of rotatable bonds is 5. The summed E-state index contributed by atoms with van der Waals surface area (Å²) < 4.78 is 1.59. The predicted octanol–water partition coefficient (Wildman–Crippen LogP) is 2.07. The van der Waals surface area contributed by atoms with Gasteiger partial charge in [-0.25, -0.2) is 9.48 Å². The Morgan fingerprint density at radius 2 is 2.05 bits per heavy atom. The third-order valence-electron chi connectivity index (χ3n) is 2.82. The van der Waals surface area contributed by atoms with Crippen LogP contribution in [0.15, 0.2) is 36.4 Å². The molecule has 0 saturated heterocycles. The zero-order valence-electron chi connectivity index (χ0n) is 12.2. The second-order valence-corrected chi connectivity index (χ2v) is 4.98. The number of hydrogen-bond acceptors (Lipinski definition) is 3. The first-order valence-electron chi connectivity index (χ1n) is 6.92. The Hall–Kier alpha value is -2.34. The van der Waals surface area contributed by atoms with E-state index < -0.39 is 0 Å². The highest BCUT2D eigenvalue weighted by Gasteiger charge is 2.12. The molecule has 0 spiro atoms. The summed E-state index contributed by atoms with van der Waals surface area (Å²) in [6.45, 7) is 4.06. The summed E-state index contributed by atoms with van der Waals surface area (Å²) in [6.07, 6.45) is 0. The molecule has 0 fully saturated rings. The maximum absolute atomic E-state index is 11.8. The zero-order chi connectivity index (χ0) is 15.2. The summed E-state index contributed by atoms with van der Waals surface area (Å²) in [4.78, 5) is 11.8. The number of anilines is 1. The van der Waals surface area contributed by atoms with Crippen LogP contribution in [0.2, 0.25) is 0 Å². The van der Waals surface area contributed by atoms with Gasteiger partial charge in [-0.15, -0.1) is 0 Å². The molecule has 0 aliphatic carbocycles. The van der Waals surface area contributed by atoms with E-state index in [4.69, 9.17) is 5.11 Å². The van der Waals surface area contributed by atoms with Gasteiger partial charge in [-0.05, 0) is 13.8 Å². The zero-order valence-corrected chi connectivity index (χ0v) is 12.2. The van der Waals surface area contributed by atoms with Crippen LogP contribution < -0.4 is 10.6 Å². The molecular formula is C15H20N4O2. The fourth-order valence-electron chi connectivity index (χ4n) is 1.95. The van der Waals surface area contributed by atoms with Gasteiger partial charge in [0.05, 0.1) is 18.8 Å². The van der Waals surface area contributed by atoms with Crippen molar-refractivity contribution < 1.29 is 9.90 Å². The van der Waals surface area contributed by atoms with E-state index in [0.717, 1.165) is 11.3 Å². The number of aromatic nitrogens is 2. The second kappa shape index (κ2) is 6.90. The van der Waals surface area contributed by atoms with Gasteiger partial charge in [0.25, 0.3) is 0 Å². The Labute approximate surface area is 123 Å². The van der Waals surface area contributed by atoms with Crippen molar-refractivity contribution in [2.75, 3.05) is 11.9 Å². The molecule has 1 heterocycles. The van der Waals surface area contributed by atoms with Gasteiger partial charge in [-0.2, -0.15) is 5.10 Å². The number of nitrogens with one attached hydrogen (secondary N) is 2. The van der Waals surface area contributed by atoms with Crippen molar-refractivity contribution in [3.05, 3.63) is 36.4 Å². The SMILES string of the molecule is CC(C)NC(=O)Nc1cc(-c2ccccc2)nn1CCO. The monoisotopic (exact) mass is 288 g/mol. The minimum absolute atomic E-state index is 0.0452. The highest BCUT2D eigenvalue weighted by molar-refractivity contribution is 5.89. The fourth-order valence-corrected chi connectivity index (χ4v) is 1.95. The molecule has 0 aliphatic rings. The first kappa shape index (κ1) is 15.1. The number of carbonyl (C=O) groups is 1. The van der Waals surface area contributed by atoms with Crippen LogP contribution in [0.4, 0.5) is 10.6 Å². The topological polar surface area (TPSA) is 79.2 Å². The van der Waals surface area contributed by atoms with Gasteiger partial charge in [0.2, 0.25) is 0 Å². The Kier molecular flexibility index (Phi) is 4.94. The van der Waals surface area contributed by atoms with E-state index in [9.17, 15) is 4.79 Å². The maximum atomic E-state index is 11.8. The van der Waals surface area contributed by atoms with E-state index in [0.29, 0.717) is 12.4 Å². The summed E-state index contributed by atoms with van der Waals surface area (Å²) in [7, 11) is 0. The second-order valence-electron chi connectivity index (χ2n) is 4.98. The number of benzene rings is 1. The van der Waals surface area contributed by atoms with Crippen molar-refractivity contribution in [2.24, 2.45) is 0 Å². The van der Waals surface area contributed by atoms with Crippen LogP contribution in [-0.2, 0) is 6.54 Å². The number of aliphatic hydroxyl groups is 1. The molecule has 6 heteroatoms. The van der Waals surface area contributed by atoms with E-state index in [1.807, 2.05) is 44.2 Å². The van der Waals surface area contributed by atoms with Crippen LogP contribution in [-0.4, -0.2) is 33.6 Å². The number of nitrogens with zero attached hydrogens (tertiary/aromatic N) is 2. The Balaban J connectivity index is 2.23. The smallest absolute Gasteiger partial charge is 0.320 e. The van der Waals surface area contributed by atoms with Gasteiger partial charge in [0, 0.05) is 17.7 Å². The lowest BCUT2D eigenvalue weighted by Crippen LogP contribution is -2.34. The lowest BCUT2D eigenvalue weighted by Gasteiger charge is -2.10. The first-order valence-corrected chi connectivity index (χ1v) is 6.92. The third kappa shape index (κ3) is 4.06. The molecule has 2 aromatic rings. The minimum Gasteiger partial charge on any atom is -0.394 e. The number of aliphatic hydroxyl groups excluding tert-OH is 1. The molecule has 0 unspecified atom stereocenters. The van der Waals surface area contributed by atoms with Crippen LogP contribution in [0.3, 0.4) is 0 Å². The largest absolute Gasteiger partial charge is 0.394 e. The molecule has 0 radical (unpaired) electrons. The van der Waals surface area contributed by atoms with E-state index in [1.165, 1.54) is 0 Å². The molecule has 0 saturated carbocycles. The van der Waals surface area contributed by atoms with E-state index in [1.54, 1.807) is 10.7 Å². The predicted molar refractivity (Wildman–Crippen MR) is 82.0 cm³/mol. The van der Waals surface area contributed by atoms with Crippen molar-refractivity contribution in [2.45, 2.75) is 26.4 Å². The molecule has 1 aromatic carbocycles. The molecule has 112 valence electrons. The molecule has 2 amide bonds. The quantitative estimate of drug-likeness (QED) is 0.788. The van der Waals surface area contributed by atoms with E-state index >= 15 is 0 Å². The van der Waals surface area contributed by atoms with Crippen LogP contribution in [0.1, 0.15) is 13.8 Å². The highest BCUT2D eigenvalue weighted by atomic mass is 16.3. The van der Waals surface area contributed by atoms with Gasteiger partial charge < -0.3 is 10.4 Å². The molecule has 0 atom stereocenters. The Morgan fingerprint density at radius 3 is 2.67 bits per heavy atom. The van der Waals surface area contributed by atoms with E-state index in [2.05, 4.69) is 15.7 Å². The van der Waals surface area contributed by atoms with Gasteiger partial charge in [0.15, 0.2) is 0 Å². The average Bonchev–Trinajstić information content (AvgIpc) is 2.82. The molecule has 2 rings (SSSR count). The van der Waals surface area contributed by atoms with Crippen LogP contribution in [0, 0.1) is 0 Å². The van der Waals surface area contributed by atoms with Crippen molar-refractivity contribution in [3.8, 4) is 11.3 Å².